The second-order valence-electron chi connectivity index (χ2n) is 19.3. The standard InChI is InChI=1S/C37H72N2O2.C11H24.3C3H8.C2H6/c1-5-7-9-11-13-18-26-36(27-19-14-12-10-8-6-2)41-37(40)28-20-16-22-30-38(29-21-15-17-25-35(3)4)33-34-39-31-23-24-32-39;1-4-5-6-7-8-9-10-11(2)3;3*1-3-2;1-2/h36H,3,5-34H2,1-2,4H3;11H,4-10H2,1-3H3;3*3H2,1-2H3;1-2H3. The number of likely N-dealkylation sites (tertiary alicyclic amines) is 1. The van der Waals surface area contributed by atoms with Crippen molar-refractivity contribution in [2.75, 3.05) is 39.3 Å². The minimum atomic E-state index is 0.0513. The molecule has 0 amide bonds. The average molecular weight is 896 g/mol. The van der Waals surface area contributed by atoms with Gasteiger partial charge in [0, 0.05) is 19.5 Å². The second-order valence-corrected chi connectivity index (χ2v) is 19.3. The van der Waals surface area contributed by atoms with Crippen LogP contribution in [0.3, 0.4) is 0 Å². The van der Waals surface area contributed by atoms with Gasteiger partial charge in [0.25, 0.3) is 0 Å². The summed E-state index contributed by atoms with van der Waals surface area (Å²) in [6.07, 6.45) is 43.3. The minimum absolute atomic E-state index is 0.0513. The van der Waals surface area contributed by atoms with Gasteiger partial charge >= 0.3 is 5.97 Å². The Morgan fingerprint density at radius 1 is 0.508 bits per heavy atom. The van der Waals surface area contributed by atoms with Gasteiger partial charge in [-0.3, -0.25) is 4.79 Å². The molecule has 1 saturated heterocycles. The third-order valence-corrected chi connectivity index (χ3v) is 11.1. The molecular formula is C59H126N2O2. The first kappa shape index (κ1) is 71.1. The number of allylic oxidation sites excluding steroid dienone is 1. The molecule has 4 heteroatoms. The summed E-state index contributed by atoms with van der Waals surface area (Å²) >= 11 is 0. The van der Waals surface area contributed by atoms with E-state index in [0.29, 0.717) is 6.42 Å². The number of carbonyl (C=O) groups excluding carboxylic acids is 1. The third-order valence-electron chi connectivity index (χ3n) is 11.1. The fourth-order valence-electron chi connectivity index (χ4n) is 7.49. The maximum Gasteiger partial charge on any atom is 0.306 e. The van der Waals surface area contributed by atoms with Gasteiger partial charge in [-0.05, 0) is 110 Å². The van der Waals surface area contributed by atoms with Crippen molar-refractivity contribution in [1.82, 2.24) is 9.80 Å². The maximum absolute atomic E-state index is 12.8. The number of hydrogen-bond donors (Lipinski definition) is 0. The summed E-state index contributed by atoms with van der Waals surface area (Å²) in [6.45, 7) is 41.7. The van der Waals surface area contributed by atoms with Gasteiger partial charge in [0.2, 0.25) is 0 Å². The van der Waals surface area contributed by atoms with Gasteiger partial charge in [0.05, 0.1) is 0 Å². The van der Waals surface area contributed by atoms with Crippen LogP contribution in [0.25, 0.3) is 0 Å². The lowest BCUT2D eigenvalue weighted by atomic mass is 10.0. The van der Waals surface area contributed by atoms with Gasteiger partial charge < -0.3 is 14.5 Å². The lowest BCUT2D eigenvalue weighted by Gasteiger charge is -2.25. The van der Waals surface area contributed by atoms with E-state index in [1.807, 2.05) is 13.8 Å². The van der Waals surface area contributed by atoms with Crippen molar-refractivity contribution in [3.63, 3.8) is 0 Å². The van der Waals surface area contributed by atoms with E-state index in [9.17, 15) is 4.79 Å². The smallest absolute Gasteiger partial charge is 0.306 e. The van der Waals surface area contributed by atoms with E-state index in [1.54, 1.807) is 0 Å². The van der Waals surface area contributed by atoms with Crippen molar-refractivity contribution in [1.29, 1.82) is 0 Å². The fourth-order valence-corrected chi connectivity index (χ4v) is 7.49. The highest BCUT2D eigenvalue weighted by atomic mass is 16.5. The molecule has 0 radical (unpaired) electrons. The van der Waals surface area contributed by atoms with E-state index in [1.165, 1.54) is 231 Å². The molecule has 0 N–H and O–H groups in total. The summed E-state index contributed by atoms with van der Waals surface area (Å²) in [5.74, 6) is 0.955. The van der Waals surface area contributed by atoms with Gasteiger partial charge in [0.1, 0.15) is 6.10 Å². The highest BCUT2D eigenvalue weighted by molar-refractivity contribution is 5.69. The van der Waals surface area contributed by atoms with E-state index in [-0.39, 0.29) is 12.1 Å². The SMILES string of the molecule is C=C(C)CCCCCN(CCCCCC(=O)OC(CCCCCCCC)CCCCCCCC)CCN1CCCC1.CC.CCC.CCC.CCC.CCCCCCCCC(C)C. The number of hydrogen-bond acceptors (Lipinski definition) is 4. The number of nitrogens with zero attached hydrogens (tertiary/aromatic N) is 2. The Kier molecular flexibility index (Phi) is 73.9. The molecule has 0 aromatic heterocycles. The zero-order valence-corrected chi connectivity index (χ0v) is 46.9. The van der Waals surface area contributed by atoms with Crippen molar-refractivity contribution in [3.8, 4) is 0 Å². The second kappa shape index (κ2) is 65.4. The number of ether oxygens (including phenoxy) is 1. The number of carbonyl (C=O) groups is 1. The summed E-state index contributed by atoms with van der Waals surface area (Å²) in [7, 11) is 0. The first-order valence-electron chi connectivity index (χ1n) is 28.8. The molecule has 4 nitrogen and oxygen atoms in total. The van der Waals surface area contributed by atoms with Crippen molar-refractivity contribution < 1.29 is 9.53 Å². The maximum atomic E-state index is 12.8. The average Bonchev–Trinajstić information content (AvgIpc) is 3.78. The number of unbranched alkanes of at least 4 members (excludes halogenated alkanes) is 19. The number of rotatable bonds is 37. The fraction of sp³-hybridized carbons (Fsp3) is 0.949. The number of esters is 1. The molecule has 63 heavy (non-hydrogen) atoms. The van der Waals surface area contributed by atoms with Gasteiger partial charge in [0.15, 0.2) is 0 Å². The summed E-state index contributed by atoms with van der Waals surface area (Å²) < 4.78 is 6.06. The minimum Gasteiger partial charge on any atom is -0.462 e. The van der Waals surface area contributed by atoms with Crippen molar-refractivity contribution in [2.45, 2.75) is 321 Å². The van der Waals surface area contributed by atoms with Crippen molar-refractivity contribution >= 4 is 5.97 Å². The molecule has 0 aromatic rings. The predicted molar refractivity (Wildman–Crippen MR) is 292 cm³/mol. The van der Waals surface area contributed by atoms with Crippen LogP contribution in [-0.4, -0.2) is 61.1 Å². The molecule has 1 aliphatic rings. The zero-order valence-electron chi connectivity index (χ0n) is 46.9. The lowest BCUT2D eigenvalue weighted by molar-refractivity contribution is -0.150. The Morgan fingerprint density at radius 3 is 1.24 bits per heavy atom. The van der Waals surface area contributed by atoms with Gasteiger partial charge in [-0.1, -0.05) is 237 Å². The molecule has 384 valence electrons. The lowest BCUT2D eigenvalue weighted by Crippen LogP contribution is -2.35. The van der Waals surface area contributed by atoms with E-state index in [2.05, 4.69) is 99.5 Å². The van der Waals surface area contributed by atoms with Crippen LogP contribution in [0.2, 0.25) is 0 Å². The van der Waals surface area contributed by atoms with Gasteiger partial charge in [-0.25, -0.2) is 0 Å². The first-order chi connectivity index (χ1) is 30.6. The normalized spacial score (nSPS) is 12.0. The van der Waals surface area contributed by atoms with Crippen LogP contribution in [0.1, 0.15) is 315 Å². The van der Waals surface area contributed by atoms with Gasteiger partial charge in [-0.15, -0.1) is 6.58 Å². The molecule has 0 atom stereocenters. The summed E-state index contributed by atoms with van der Waals surface area (Å²) in [4.78, 5) is 18.1. The van der Waals surface area contributed by atoms with Crippen LogP contribution in [0, 0.1) is 5.92 Å². The van der Waals surface area contributed by atoms with Crippen LogP contribution < -0.4 is 0 Å². The Balaban J connectivity index is -0.000000420. The van der Waals surface area contributed by atoms with Crippen molar-refractivity contribution in [2.24, 2.45) is 5.92 Å². The molecular weight excluding hydrogens is 769 g/mol. The van der Waals surface area contributed by atoms with E-state index in [4.69, 9.17) is 4.74 Å². The molecule has 0 aliphatic carbocycles. The Labute approximate surface area is 402 Å². The Morgan fingerprint density at radius 2 is 0.857 bits per heavy atom. The molecule has 0 bridgehead atoms. The van der Waals surface area contributed by atoms with Crippen molar-refractivity contribution in [3.05, 3.63) is 12.2 Å². The molecule has 0 unspecified atom stereocenters. The first-order valence-corrected chi connectivity index (χ1v) is 28.8. The zero-order chi connectivity index (χ0) is 48.5. The molecule has 1 rings (SSSR count). The van der Waals surface area contributed by atoms with Crippen LogP contribution >= 0.6 is 0 Å². The van der Waals surface area contributed by atoms with Crippen LogP contribution in [0.5, 0.6) is 0 Å². The Hall–Kier alpha value is -0.870. The summed E-state index contributed by atoms with van der Waals surface area (Å²) in [6, 6.07) is 0. The van der Waals surface area contributed by atoms with Crippen LogP contribution in [0.4, 0.5) is 0 Å². The van der Waals surface area contributed by atoms with E-state index < -0.39 is 0 Å². The summed E-state index contributed by atoms with van der Waals surface area (Å²) in [5.41, 5.74) is 1.31. The molecule has 1 heterocycles. The molecule has 0 aromatic carbocycles. The Bertz CT molecular complexity index is 772. The largest absolute Gasteiger partial charge is 0.462 e. The topological polar surface area (TPSA) is 32.8 Å². The van der Waals surface area contributed by atoms with Crippen LogP contribution in [-0.2, 0) is 9.53 Å². The van der Waals surface area contributed by atoms with E-state index >= 15 is 0 Å². The third kappa shape index (κ3) is 70.3. The monoisotopic (exact) mass is 895 g/mol. The predicted octanol–water partition coefficient (Wildman–Crippen LogP) is 20.2. The highest BCUT2D eigenvalue weighted by Crippen LogP contribution is 2.19. The van der Waals surface area contributed by atoms with Crippen LogP contribution in [0.15, 0.2) is 12.2 Å². The summed E-state index contributed by atoms with van der Waals surface area (Å²) in [5, 5.41) is 0. The van der Waals surface area contributed by atoms with E-state index in [0.717, 1.165) is 31.6 Å². The van der Waals surface area contributed by atoms with Gasteiger partial charge in [-0.2, -0.15) is 0 Å². The quantitative estimate of drug-likeness (QED) is 0.0353. The molecule has 0 saturated carbocycles. The molecule has 1 fully saturated rings. The molecule has 1 aliphatic heterocycles. The highest BCUT2D eigenvalue weighted by Gasteiger charge is 2.16. The molecule has 0 spiro atoms.